The minimum Gasteiger partial charge on any atom is -0.381 e. The molecule has 3 rings (SSSR count). The van der Waals surface area contributed by atoms with Crippen molar-refractivity contribution >= 4 is 27.3 Å². The summed E-state index contributed by atoms with van der Waals surface area (Å²) in [4.78, 5) is 14.0. The molecule has 0 spiro atoms. The highest BCUT2D eigenvalue weighted by atomic mass is 32.1. The number of thiophene rings is 1. The molecule has 2 heterocycles. The molecule has 0 aliphatic rings. The molecule has 0 fully saturated rings. The number of carbonyl (C=O) groups is 1. The van der Waals surface area contributed by atoms with Crippen LogP contribution < -0.4 is 0 Å². The first-order valence-electron chi connectivity index (χ1n) is 9.89. The van der Waals surface area contributed by atoms with Gasteiger partial charge in [0.25, 0.3) is 0 Å². The highest BCUT2D eigenvalue weighted by molar-refractivity contribution is 7.16. The van der Waals surface area contributed by atoms with E-state index < -0.39 is 0 Å². The number of aromatic nitrogens is 1. The van der Waals surface area contributed by atoms with E-state index in [0.717, 1.165) is 61.2 Å². The molecule has 146 valence electrons. The van der Waals surface area contributed by atoms with Gasteiger partial charge in [0.15, 0.2) is 5.78 Å². The van der Waals surface area contributed by atoms with Crippen LogP contribution in [0.1, 0.15) is 61.6 Å². The smallest absolute Gasteiger partial charge is 0.195 e. The summed E-state index contributed by atoms with van der Waals surface area (Å²) in [6.45, 7) is 11.3. The fourth-order valence-corrected chi connectivity index (χ4v) is 4.07. The zero-order valence-corrected chi connectivity index (χ0v) is 17.8. The third-order valence-corrected chi connectivity index (χ3v) is 5.27. The van der Waals surface area contributed by atoms with Crippen LogP contribution in [0, 0.1) is 6.92 Å². The summed E-state index contributed by atoms with van der Waals surface area (Å²) in [5.41, 5.74) is 2.71. The number of hydrogen-bond donors (Lipinski definition) is 0. The second-order valence-electron chi connectivity index (χ2n) is 6.56. The molecule has 0 amide bonds. The lowest BCUT2D eigenvalue weighted by molar-refractivity contribution is 0.103. The molecule has 0 saturated heterocycles. The van der Waals surface area contributed by atoms with Gasteiger partial charge < -0.3 is 9.30 Å². The Balaban J connectivity index is 0.000000321. The first-order valence-corrected chi connectivity index (χ1v) is 10.8. The van der Waals surface area contributed by atoms with Gasteiger partial charge in [0.2, 0.25) is 0 Å². The molecular formula is C23H31NO2S. The van der Waals surface area contributed by atoms with Crippen molar-refractivity contribution in [3.05, 3.63) is 58.6 Å². The predicted octanol–water partition coefficient (Wildman–Crippen LogP) is 6.48. The summed E-state index contributed by atoms with van der Waals surface area (Å²) < 4.78 is 7.41. The van der Waals surface area contributed by atoms with E-state index in [-0.39, 0.29) is 5.78 Å². The number of ketones is 1. The SMILES string of the molecule is CCCOCCC.CCCn1c(C)c(C(=O)c2ccccc2)c2ccsc21. The minimum atomic E-state index is 0.126. The molecule has 0 radical (unpaired) electrons. The van der Waals surface area contributed by atoms with Gasteiger partial charge in [-0.2, -0.15) is 0 Å². The molecule has 0 aliphatic heterocycles. The monoisotopic (exact) mass is 385 g/mol. The zero-order chi connectivity index (χ0) is 19.6. The molecule has 0 N–H and O–H groups in total. The summed E-state index contributed by atoms with van der Waals surface area (Å²) in [6.07, 6.45) is 3.35. The molecule has 0 aliphatic carbocycles. The van der Waals surface area contributed by atoms with Crippen molar-refractivity contribution in [3.63, 3.8) is 0 Å². The highest BCUT2D eigenvalue weighted by Gasteiger charge is 2.21. The molecular weight excluding hydrogens is 354 g/mol. The van der Waals surface area contributed by atoms with Crippen molar-refractivity contribution in [3.8, 4) is 0 Å². The van der Waals surface area contributed by atoms with Crippen molar-refractivity contribution in [2.45, 2.75) is 53.5 Å². The topological polar surface area (TPSA) is 31.2 Å². The summed E-state index contributed by atoms with van der Waals surface area (Å²) in [7, 11) is 0. The highest BCUT2D eigenvalue weighted by Crippen LogP contribution is 2.32. The quantitative estimate of drug-likeness (QED) is 0.328. The Morgan fingerprint density at radius 3 is 2.26 bits per heavy atom. The second-order valence-corrected chi connectivity index (χ2v) is 7.45. The molecule has 2 aromatic heterocycles. The lowest BCUT2D eigenvalue weighted by Gasteiger charge is -2.06. The number of fused-ring (bicyclic) bond motifs is 1. The molecule has 3 nitrogen and oxygen atoms in total. The predicted molar refractivity (Wildman–Crippen MR) is 116 cm³/mol. The van der Waals surface area contributed by atoms with E-state index in [4.69, 9.17) is 4.74 Å². The van der Waals surface area contributed by atoms with Gasteiger partial charge in [0.1, 0.15) is 4.83 Å². The number of rotatable bonds is 8. The standard InChI is InChI=1S/C17H17NOS.C6H14O/c1-3-10-18-12(2)15(14-9-11-20-17(14)18)16(19)13-7-5-4-6-8-13;1-3-5-7-6-4-2/h4-9,11H,3,10H2,1-2H3;3-6H2,1-2H3. The molecule has 0 bridgehead atoms. The largest absolute Gasteiger partial charge is 0.381 e. The Hall–Kier alpha value is -1.91. The Morgan fingerprint density at radius 2 is 1.67 bits per heavy atom. The maximum Gasteiger partial charge on any atom is 0.195 e. The minimum absolute atomic E-state index is 0.126. The van der Waals surface area contributed by atoms with Crippen molar-refractivity contribution in [2.75, 3.05) is 13.2 Å². The van der Waals surface area contributed by atoms with Crippen LogP contribution in [0.3, 0.4) is 0 Å². The Kier molecular flexibility index (Phi) is 8.76. The number of carbonyl (C=O) groups excluding carboxylic acids is 1. The molecule has 0 saturated carbocycles. The van der Waals surface area contributed by atoms with Gasteiger partial charge in [-0.25, -0.2) is 0 Å². The molecule has 0 atom stereocenters. The van der Waals surface area contributed by atoms with Crippen molar-refractivity contribution in [1.29, 1.82) is 0 Å². The van der Waals surface area contributed by atoms with Gasteiger partial charge in [0, 0.05) is 36.4 Å². The van der Waals surface area contributed by atoms with Gasteiger partial charge in [-0.15, -0.1) is 11.3 Å². The molecule has 27 heavy (non-hydrogen) atoms. The summed E-state index contributed by atoms with van der Waals surface area (Å²) in [5, 5.41) is 3.16. The third-order valence-electron chi connectivity index (χ3n) is 4.33. The number of ether oxygens (including phenoxy) is 1. The van der Waals surface area contributed by atoms with Crippen LogP contribution in [0.15, 0.2) is 41.8 Å². The normalized spacial score (nSPS) is 10.7. The molecule has 3 aromatic rings. The first-order chi connectivity index (χ1) is 13.2. The molecule has 1 aromatic carbocycles. The zero-order valence-electron chi connectivity index (χ0n) is 17.0. The number of aryl methyl sites for hydroxylation is 1. The van der Waals surface area contributed by atoms with Gasteiger partial charge >= 0.3 is 0 Å². The summed E-state index contributed by atoms with van der Waals surface area (Å²) in [6, 6.07) is 11.6. The fourth-order valence-electron chi connectivity index (χ4n) is 3.09. The number of nitrogens with zero attached hydrogens (tertiary/aromatic N) is 1. The van der Waals surface area contributed by atoms with Crippen molar-refractivity contribution in [1.82, 2.24) is 4.57 Å². The van der Waals surface area contributed by atoms with Crippen LogP contribution in [0.5, 0.6) is 0 Å². The first kappa shape index (κ1) is 21.4. The summed E-state index contributed by atoms with van der Waals surface area (Å²) in [5.74, 6) is 0.126. The third kappa shape index (κ3) is 5.30. The summed E-state index contributed by atoms with van der Waals surface area (Å²) >= 11 is 1.71. The van der Waals surface area contributed by atoms with E-state index in [9.17, 15) is 4.79 Å². The maximum absolute atomic E-state index is 12.8. The van der Waals surface area contributed by atoms with Gasteiger partial charge in [-0.3, -0.25) is 4.79 Å². The van der Waals surface area contributed by atoms with E-state index in [2.05, 4.69) is 43.7 Å². The van der Waals surface area contributed by atoms with Crippen LogP contribution in [0.25, 0.3) is 10.2 Å². The Labute approximate surface area is 167 Å². The molecule has 4 heteroatoms. The average Bonchev–Trinajstić information content (AvgIpc) is 3.25. The van der Waals surface area contributed by atoms with Gasteiger partial charge in [0.05, 0.1) is 5.56 Å². The number of benzene rings is 1. The van der Waals surface area contributed by atoms with Crippen LogP contribution in [0.2, 0.25) is 0 Å². The van der Waals surface area contributed by atoms with E-state index in [1.807, 2.05) is 30.3 Å². The van der Waals surface area contributed by atoms with E-state index in [0.29, 0.717) is 0 Å². The maximum atomic E-state index is 12.8. The molecule has 0 unspecified atom stereocenters. The van der Waals surface area contributed by atoms with Gasteiger partial charge in [-0.1, -0.05) is 51.1 Å². The fraction of sp³-hybridized carbons (Fsp3) is 0.435. The Morgan fingerprint density at radius 1 is 1.00 bits per heavy atom. The van der Waals surface area contributed by atoms with Crippen LogP contribution in [0.4, 0.5) is 0 Å². The lowest BCUT2D eigenvalue weighted by atomic mass is 10.0. The van der Waals surface area contributed by atoms with Crippen molar-refractivity contribution < 1.29 is 9.53 Å². The van der Waals surface area contributed by atoms with E-state index in [1.165, 1.54) is 4.83 Å². The average molecular weight is 386 g/mol. The lowest BCUT2D eigenvalue weighted by Crippen LogP contribution is -2.05. The Bertz CT molecular complexity index is 829. The van der Waals surface area contributed by atoms with E-state index >= 15 is 0 Å². The van der Waals surface area contributed by atoms with Gasteiger partial charge in [-0.05, 0) is 37.6 Å². The van der Waals surface area contributed by atoms with Crippen LogP contribution in [-0.4, -0.2) is 23.6 Å². The van der Waals surface area contributed by atoms with Crippen LogP contribution in [-0.2, 0) is 11.3 Å². The van der Waals surface area contributed by atoms with Crippen LogP contribution >= 0.6 is 11.3 Å². The van der Waals surface area contributed by atoms with E-state index in [1.54, 1.807) is 11.3 Å². The van der Waals surface area contributed by atoms with Crippen molar-refractivity contribution in [2.24, 2.45) is 0 Å². The second kappa shape index (κ2) is 11.1. The number of hydrogen-bond acceptors (Lipinski definition) is 3.